The minimum Gasteiger partial charge on any atom is -0.324 e. The third kappa shape index (κ3) is 2.77. The zero-order valence-electron chi connectivity index (χ0n) is 16.6. The first-order chi connectivity index (χ1) is 14.2. The maximum absolute atomic E-state index is 4.71. The summed E-state index contributed by atoms with van der Waals surface area (Å²) >= 11 is 0. The normalized spacial score (nSPS) is 11.7. The van der Waals surface area contributed by atoms with Gasteiger partial charge in [0.25, 0.3) is 0 Å². The average Bonchev–Trinajstić information content (AvgIpc) is 3.43. The molecule has 29 heavy (non-hydrogen) atoms. The topological polar surface area (TPSA) is 91.1 Å². The van der Waals surface area contributed by atoms with Crippen LogP contribution in [0.2, 0.25) is 0 Å². The lowest BCUT2D eigenvalue weighted by atomic mass is 10.2. The van der Waals surface area contributed by atoms with Crippen LogP contribution < -0.4 is 0 Å². The highest BCUT2D eigenvalue weighted by molar-refractivity contribution is 5.57. The van der Waals surface area contributed by atoms with Crippen LogP contribution >= 0.6 is 0 Å². The smallest absolute Gasteiger partial charge is 0.179 e. The van der Waals surface area contributed by atoms with E-state index >= 15 is 0 Å². The van der Waals surface area contributed by atoms with Crippen molar-refractivity contribution in [1.29, 1.82) is 0 Å². The predicted molar refractivity (Wildman–Crippen MR) is 108 cm³/mol. The first kappa shape index (κ1) is 17.5. The minimum absolute atomic E-state index is 0.607. The fourth-order valence-corrected chi connectivity index (χ4v) is 3.85. The molecule has 5 rings (SSSR count). The van der Waals surface area contributed by atoms with Crippen molar-refractivity contribution in [3.05, 3.63) is 59.8 Å². The van der Waals surface area contributed by atoms with Gasteiger partial charge in [0.1, 0.15) is 11.6 Å². The number of aromatic nitrogens is 9. The summed E-state index contributed by atoms with van der Waals surface area (Å²) < 4.78 is 6.24. The molecule has 0 aromatic carbocycles. The summed E-state index contributed by atoms with van der Waals surface area (Å²) in [6.45, 7) is 6.69. The summed E-state index contributed by atoms with van der Waals surface area (Å²) in [5, 5.41) is 16.9. The Morgan fingerprint density at radius 1 is 0.897 bits per heavy atom. The number of hydrogen-bond donors (Lipinski definition) is 0. The van der Waals surface area contributed by atoms with Crippen LogP contribution in [0.15, 0.2) is 36.8 Å². The number of rotatable bonds is 5. The van der Waals surface area contributed by atoms with Crippen LogP contribution in [-0.4, -0.2) is 43.7 Å². The maximum atomic E-state index is 4.71. The molecule has 146 valence electrons. The molecule has 5 heterocycles. The van der Waals surface area contributed by atoms with E-state index in [1.165, 1.54) is 0 Å². The lowest BCUT2D eigenvalue weighted by molar-refractivity contribution is 0.727. The summed E-state index contributed by atoms with van der Waals surface area (Å²) in [7, 11) is 0. The molecule has 0 fully saturated rings. The molecule has 0 N–H and O–H groups in total. The van der Waals surface area contributed by atoms with Gasteiger partial charge < -0.3 is 4.57 Å². The predicted octanol–water partition coefficient (Wildman–Crippen LogP) is 2.65. The van der Waals surface area contributed by atoms with Gasteiger partial charge in [-0.2, -0.15) is 0 Å². The first-order valence-electron chi connectivity index (χ1n) is 9.68. The lowest BCUT2D eigenvalue weighted by Crippen LogP contribution is -2.12. The largest absolute Gasteiger partial charge is 0.324 e. The van der Waals surface area contributed by atoms with Crippen LogP contribution in [0.1, 0.15) is 36.4 Å². The number of nitrogens with zero attached hydrogens (tertiary/aromatic N) is 9. The third-order valence-corrected chi connectivity index (χ3v) is 5.13. The molecule has 0 bridgehead atoms. The standard InChI is InChI=1S/C20H21N9/c1-4-6-16-15(22-11-19-26-24-13(2)28(16)19)12-27-10-9-21-20(27)17-7-5-8-18-25-23-14(3)29(17)18/h5,7-11H,4,6,12H2,1-3H3. The molecule has 0 aliphatic carbocycles. The van der Waals surface area contributed by atoms with Crippen molar-refractivity contribution in [2.75, 3.05) is 0 Å². The van der Waals surface area contributed by atoms with Gasteiger partial charge in [0.15, 0.2) is 17.1 Å². The summed E-state index contributed by atoms with van der Waals surface area (Å²) in [5.74, 6) is 2.56. The minimum atomic E-state index is 0.607. The Balaban J connectivity index is 1.63. The molecule has 0 saturated heterocycles. The quantitative estimate of drug-likeness (QED) is 0.460. The van der Waals surface area contributed by atoms with Crippen LogP contribution in [0.4, 0.5) is 0 Å². The van der Waals surface area contributed by atoms with Crippen molar-refractivity contribution < 1.29 is 0 Å². The van der Waals surface area contributed by atoms with E-state index in [-0.39, 0.29) is 0 Å². The Labute approximate surface area is 167 Å². The van der Waals surface area contributed by atoms with Crippen molar-refractivity contribution in [3.63, 3.8) is 0 Å². The molecule has 0 unspecified atom stereocenters. The first-order valence-corrected chi connectivity index (χ1v) is 9.68. The zero-order chi connectivity index (χ0) is 20.0. The molecule has 0 saturated carbocycles. The number of imidazole rings is 1. The summed E-state index contributed by atoms with van der Waals surface area (Å²) in [5.41, 5.74) is 4.68. The second kappa shape index (κ2) is 6.77. The van der Waals surface area contributed by atoms with Gasteiger partial charge in [0.2, 0.25) is 0 Å². The highest BCUT2D eigenvalue weighted by Crippen LogP contribution is 2.22. The molecular formula is C20H21N9. The molecule has 5 aromatic heterocycles. The highest BCUT2D eigenvalue weighted by Gasteiger charge is 2.17. The molecule has 9 nitrogen and oxygen atoms in total. The second-order valence-corrected chi connectivity index (χ2v) is 7.07. The number of fused-ring (bicyclic) bond motifs is 2. The van der Waals surface area contributed by atoms with E-state index in [2.05, 4.69) is 41.3 Å². The van der Waals surface area contributed by atoms with Gasteiger partial charge in [-0.3, -0.25) is 13.8 Å². The Kier molecular flexibility index (Phi) is 4.08. The molecule has 5 aromatic rings. The van der Waals surface area contributed by atoms with Crippen molar-refractivity contribution in [2.24, 2.45) is 0 Å². The van der Waals surface area contributed by atoms with Gasteiger partial charge in [0, 0.05) is 18.1 Å². The monoisotopic (exact) mass is 387 g/mol. The Morgan fingerprint density at radius 2 is 1.69 bits per heavy atom. The molecule has 9 heteroatoms. The Bertz CT molecular complexity index is 1320. The van der Waals surface area contributed by atoms with Gasteiger partial charge in [-0.1, -0.05) is 19.4 Å². The zero-order valence-corrected chi connectivity index (χ0v) is 16.6. The van der Waals surface area contributed by atoms with E-state index in [9.17, 15) is 0 Å². The molecule has 0 spiro atoms. The molecule has 0 amide bonds. The molecular weight excluding hydrogens is 366 g/mol. The fourth-order valence-electron chi connectivity index (χ4n) is 3.85. The average molecular weight is 387 g/mol. The molecule has 0 radical (unpaired) electrons. The van der Waals surface area contributed by atoms with Crippen LogP contribution in [0, 0.1) is 13.8 Å². The summed E-state index contributed by atoms with van der Waals surface area (Å²) in [6.07, 6.45) is 7.50. The number of hydrogen-bond acceptors (Lipinski definition) is 6. The van der Waals surface area contributed by atoms with Crippen LogP contribution in [0.5, 0.6) is 0 Å². The molecule has 0 aliphatic heterocycles. The van der Waals surface area contributed by atoms with Crippen molar-refractivity contribution >= 4 is 11.3 Å². The number of pyridine rings is 1. The van der Waals surface area contributed by atoms with Gasteiger partial charge >= 0.3 is 0 Å². The van der Waals surface area contributed by atoms with Crippen LogP contribution in [0.25, 0.3) is 22.8 Å². The van der Waals surface area contributed by atoms with E-state index in [4.69, 9.17) is 4.98 Å². The maximum Gasteiger partial charge on any atom is 0.179 e. The Hall–Kier alpha value is -3.62. The molecule has 0 aliphatic rings. The molecule has 0 atom stereocenters. The second-order valence-electron chi connectivity index (χ2n) is 7.07. The van der Waals surface area contributed by atoms with Crippen LogP contribution in [0.3, 0.4) is 0 Å². The summed E-state index contributed by atoms with van der Waals surface area (Å²) in [6, 6.07) is 5.96. The van der Waals surface area contributed by atoms with E-state index in [0.717, 1.165) is 58.7 Å². The van der Waals surface area contributed by atoms with Gasteiger partial charge in [-0.25, -0.2) is 4.98 Å². The highest BCUT2D eigenvalue weighted by atomic mass is 15.3. The van der Waals surface area contributed by atoms with Crippen LogP contribution in [-0.2, 0) is 13.0 Å². The van der Waals surface area contributed by atoms with Crippen molar-refractivity contribution in [3.8, 4) is 11.5 Å². The van der Waals surface area contributed by atoms with Crippen molar-refractivity contribution in [1.82, 2.24) is 43.7 Å². The summed E-state index contributed by atoms with van der Waals surface area (Å²) in [4.78, 5) is 9.34. The third-order valence-electron chi connectivity index (χ3n) is 5.13. The SMILES string of the molecule is CCCc1c(Cn2ccnc2-c2cccc3nnc(C)n23)ncc2nnc(C)n12. The van der Waals surface area contributed by atoms with Gasteiger partial charge in [0.05, 0.1) is 24.1 Å². The van der Waals surface area contributed by atoms with E-state index in [1.54, 1.807) is 6.20 Å². The Morgan fingerprint density at radius 3 is 2.52 bits per heavy atom. The fraction of sp³-hybridized carbons (Fsp3) is 0.300. The van der Waals surface area contributed by atoms with E-state index in [1.807, 2.05) is 48.8 Å². The van der Waals surface area contributed by atoms with Gasteiger partial charge in [-0.05, 0) is 32.4 Å². The number of aryl methyl sites for hydroxylation is 3. The van der Waals surface area contributed by atoms with Crippen molar-refractivity contribution in [2.45, 2.75) is 40.2 Å². The van der Waals surface area contributed by atoms with Gasteiger partial charge in [-0.15, -0.1) is 20.4 Å². The lowest BCUT2D eigenvalue weighted by Gasteiger charge is -2.14. The van der Waals surface area contributed by atoms with E-state index < -0.39 is 0 Å². The van der Waals surface area contributed by atoms with E-state index in [0.29, 0.717) is 6.54 Å².